The molecule has 1 nitrogen and oxygen atoms in total. The summed E-state index contributed by atoms with van der Waals surface area (Å²) in [6.45, 7) is 7.89. The third-order valence-electron chi connectivity index (χ3n) is 2.07. The summed E-state index contributed by atoms with van der Waals surface area (Å²) in [7, 11) is 0. The third-order valence-corrected chi connectivity index (χ3v) is 3.51. The van der Waals surface area contributed by atoms with Crippen LogP contribution in [0, 0.1) is 13.8 Å². The standard InChI is InChI=1S/C12H18OS/c1-9-5-6-11(7-10(9)2)14-8-12(3,4)13/h5-7,13H,8H2,1-4H3. The zero-order valence-corrected chi connectivity index (χ0v) is 10.1. The Balaban J connectivity index is 2.65. The van der Waals surface area contributed by atoms with Crippen molar-refractivity contribution in [2.24, 2.45) is 0 Å². The molecular formula is C12H18OS. The predicted molar refractivity (Wildman–Crippen MR) is 62.9 cm³/mol. The van der Waals surface area contributed by atoms with E-state index >= 15 is 0 Å². The van der Waals surface area contributed by atoms with Crippen LogP contribution in [0.15, 0.2) is 23.1 Å². The van der Waals surface area contributed by atoms with Gasteiger partial charge in [-0.05, 0) is 51.0 Å². The molecule has 0 radical (unpaired) electrons. The average Bonchev–Trinajstić information content (AvgIpc) is 2.06. The molecule has 0 fully saturated rings. The largest absolute Gasteiger partial charge is 0.390 e. The summed E-state index contributed by atoms with van der Waals surface area (Å²) < 4.78 is 0. The quantitative estimate of drug-likeness (QED) is 0.773. The van der Waals surface area contributed by atoms with E-state index in [9.17, 15) is 5.11 Å². The van der Waals surface area contributed by atoms with Crippen molar-refractivity contribution in [3.05, 3.63) is 29.3 Å². The van der Waals surface area contributed by atoms with Gasteiger partial charge in [0, 0.05) is 10.6 Å². The zero-order valence-electron chi connectivity index (χ0n) is 9.29. The first kappa shape index (κ1) is 11.6. The van der Waals surface area contributed by atoms with Crippen molar-refractivity contribution in [3.63, 3.8) is 0 Å². The van der Waals surface area contributed by atoms with E-state index in [2.05, 4.69) is 32.0 Å². The lowest BCUT2D eigenvalue weighted by Gasteiger charge is -2.16. The molecule has 14 heavy (non-hydrogen) atoms. The van der Waals surface area contributed by atoms with Crippen LogP contribution in [0.5, 0.6) is 0 Å². The van der Waals surface area contributed by atoms with E-state index in [0.717, 1.165) is 5.75 Å². The van der Waals surface area contributed by atoms with Gasteiger partial charge in [-0.2, -0.15) is 0 Å². The van der Waals surface area contributed by atoms with Crippen molar-refractivity contribution in [1.29, 1.82) is 0 Å². The maximum atomic E-state index is 9.58. The minimum atomic E-state index is -0.594. The molecule has 0 aliphatic carbocycles. The molecule has 0 heterocycles. The van der Waals surface area contributed by atoms with Crippen LogP contribution in [0.1, 0.15) is 25.0 Å². The summed E-state index contributed by atoms with van der Waals surface area (Å²) in [6.07, 6.45) is 0. The number of thioether (sulfide) groups is 1. The highest BCUT2D eigenvalue weighted by molar-refractivity contribution is 7.99. The minimum Gasteiger partial charge on any atom is -0.390 e. The van der Waals surface area contributed by atoms with E-state index in [-0.39, 0.29) is 0 Å². The van der Waals surface area contributed by atoms with Crippen molar-refractivity contribution in [3.8, 4) is 0 Å². The highest BCUT2D eigenvalue weighted by Gasteiger charge is 2.12. The second kappa shape index (κ2) is 4.37. The monoisotopic (exact) mass is 210 g/mol. The molecule has 2 heteroatoms. The fraction of sp³-hybridized carbons (Fsp3) is 0.500. The lowest BCUT2D eigenvalue weighted by atomic mass is 10.1. The van der Waals surface area contributed by atoms with Crippen LogP contribution in [-0.4, -0.2) is 16.5 Å². The Labute approximate surface area is 90.5 Å². The predicted octanol–water partition coefficient (Wildman–Crippen LogP) is 3.17. The van der Waals surface area contributed by atoms with E-state index in [1.54, 1.807) is 11.8 Å². The number of hydrogen-bond donors (Lipinski definition) is 1. The average molecular weight is 210 g/mol. The Bertz CT molecular complexity index is 313. The van der Waals surface area contributed by atoms with Crippen molar-refractivity contribution in [2.75, 3.05) is 5.75 Å². The maximum absolute atomic E-state index is 9.58. The van der Waals surface area contributed by atoms with Gasteiger partial charge in [0.2, 0.25) is 0 Å². The Kier molecular flexibility index (Phi) is 3.62. The molecule has 0 unspecified atom stereocenters. The Hall–Kier alpha value is -0.470. The maximum Gasteiger partial charge on any atom is 0.0685 e. The number of rotatable bonds is 3. The Morgan fingerprint density at radius 1 is 1.21 bits per heavy atom. The Morgan fingerprint density at radius 3 is 2.36 bits per heavy atom. The highest BCUT2D eigenvalue weighted by atomic mass is 32.2. The number of benzene rings is 1. The lowest BCUT2D eigenvalue weighted by molar-refractivity contribution is 0.107. The van der Waals surface area contributed by atoms with Crippen molar-refractivity contribution in [2.45, 2.75) is 38.2 Å². The first-order chi connectivity index (χ1) is 6.38. The van der Waals surface area contributed by atoms with E-state index in [0.29, 0.717) is 0 Å². The topological polar surface area (TPSA) is 20.2 Å². The molecule has 0 atom stereocenters. The van der Waals surface area contributed by atoms with E-state index in [1.807, 2.05) is 13.8 Å². The minimum absolute atomic E-state index is 0.594. The molecule has 0 saturated carbocycles. The fourth-order valence-electron chi connectivity index (χ4n) is 1.06. The van der Waals surface area contributed by atoms with E-state index in [1.165, 1.54) is 16.0 Å². The summed E-state index contributed by atoms with van der Waals surface area (Å²) in [4.78, 5) is 1.23. The smallest absolute Gasteiger partial charge is 0.0685 e. The van der Waals surface area contributed by atoms with E-state index < -0.39 is 5.60 Å². The molecule has 1 rings (SSSR count). The molecule has 1 N–H and O–H groups in total. The van der Waals surface area contributed by atoms with Crippen LogP contribution in [0.25, 0.3) is 0 Å². The normalized spacial score (nSPS) is 11.8. The molecule has 1 aromatic rings. The molecule has 78 valence electrons. The van der Waals surface area contributed by atoms with Crippen LogP contribution in [0.4, 0.5) is 0 Å². The highest BCUT2D eigenvalue weighted by Crippen LogP contribution is 2.24. The van der Waals surface area contributed by atoms with Gasteiger partial charge in [-0.1, -0.05) is 6.07 Å². The lowest BCUT2D eigenvalue weighted by Crippen LogP contribution is -2.21. The molecule has 0 saturated heterocycles. The van der Waals surface area contributed by atoms with Gasteiger partial charge in [-0.15, -0.1) is 11.8 Å². The van der Waals surface area contributed by atoms with Crippen molar-refractivity contribution >= 4 is 11.8 Å². The van der Waals surface area contributed by atoms with Gasteiger partial charge in [0.25, 0.3) is 0 Å². The van der Waals surface area contributed by atoms with Crippen molar-refractivity contribution in [1.82, 2.24) is 0 Å². The number of hydrogen-bond acceptors (Lipinski definition) is 2. The second-order valence-corrected chi connectivity index (χ2v) is 5.40. The molecule has 0 amide bonds. The van der Waals surface area contributed by atoms with Crippen LogP contribution in [0.3, 0.4) is 0 Å². The molecule has 1 aromatic carbocycles. The van der Waals surface area contributed by atoms with Crippen LogP contribution >= 0.6 is 11.8 Å². The number of aliphatic hydroxyl groups is 1. The van der Waals surface area contributed by atoms with E-state index in [4.69, 9.17) is 0 Å². The summed E-state index contributed by atoms with van der Waals surface area (Å²) in [5, 5.41) is 9.58. The second-order valence-electron chi connectivity index (χ2n) is 4.35. The first-order valence-corrected chi connectivity index (χ1v) is 5.79. The zero-order chi connectivity index (χ0) is 10.8. The Morgan fingerprint density at radius 2 is 1.86 bits per heavy atom. The summed E-state index contributed by atoms with van der Waals surface area (Å²) in [5.74, 6) is 0.732. The van der Waals surface area contributed by atoms with Crippen molar-refractivity contribution < 1.29 is 5.11 Å². The van der Waals surface area contributed by atoms with Crippen LogP contribution in [-0.2, 0) is 0 Å². The molecule has 0 aromatic heterocycles. The van der Waals surface area contributed by atoms with Gasteiger partial charge in [0.15, 0.2) is 0 Å². The third kappa shape index (κ3) is 3.72. The molecular weight excluding hydrogens is 192 g/mol. The van der Waals surface area contributed by atoms with Crippen LogP contribution in [0.2, 0.25) is 0 Å². The van der Waals surface area contributed by atoms with Gasteiger partial charge >= 0.3 is 0 Å². The SMILES string of the molecule is Cc1ccc(SCC(C)(C)O)cc1C. The first-order valence-electron chi connectivity index (χ1n) is 4.81. The van der Waals surface area contributed by atoms with Gasteiger partial charge in [-0.25, -0.2) is 0 Å². The molecule has 0 aliphatic heterocycles. The summed E-state index contributed by atoms with van der Waals surface area (Å²) >= 11 is 1.70. The molecule has 0 bridgehead atoms. The number of aryl methyl sites for hydroxylation is 2. The summed E-state index contributed by atoms with van der Waals surface area (Å²) in [5.41, 5.74) is 2.03. The van der Waals surface area contributed by atoms with Crippen LogP contribution < -0.4 is 0 Å². The summed E-state index contributed by atoms with van der Waals surface area (Å²) in [6, 6.07) is 6.41. The molecule has 0 aliphatic rings. The van der Waals surface area contributed by atoms with Gasteiger partial charge in [-0.3, -0.25) is 0 Å². The fourth-order valence-corrected chi connectivity index (χ4v) is 2.01. The van der Waals surface area contributed by atoms with Gasteiger partial charge < -0.3 is 5.11 Å². The van der Waals surface area contributed by atoms with Gasteiger partial charge in [0.1, 0.15) is 0 Å². The van der Waals surface area contributed by atoms with Gasteiger partial charge in [0.05, 0.1) is 5.60 Å². The molecule has 0 spiro atoms.